The largest absolute Gasteiger partial charge is 0.371 e. The molecular formula is C21H22FN5. The van der Waals surface area contributed by atoms with Crippen molar-refractivity contribution in [2.45, 2.75) is 32.1 Å². The Morgan fingerprint density at radius 2 is 1.74 bits per heavy atom. The van der Waals surface area contributed by atoms with E-state index in [9.17, 15) is 4.39 Å². The van der Waals surface area contributed by atoms with Gasteiger partial charge in [-0.3, -0.25) is 4.98 Å². The smallest absolute Gasteiger partial charge is 0.157 e. The van der Waals surface area contributed by atoms with E-state index in [1.54, 1.807) is 25.5 Å². The fraction of sp³-hybridized carbons (Fsp3) is 0.286. The Kier molecular flexibility index (Phi) is 4.96. The molecule has 4 aromatic rings. The summed E-state index contributed by atoms with van der Waals surface area (Å²) in [6.45, 7) is 0. The second kappa shape index (κ2) is 7.70. The van der Waals surface area contributed by atoms with Crippen molar-refractivity contribution in [2.75, 3.05) is 12.4 Å². The van der Waals surface area contributed by atoms with Crippen molar-refractivity contribution < 1.29 is 4.39 Å². The first-order valence-corrected chi connectivity index (χ1v) is 9.33. The van der Waals surface area contributed by atoms with Gasteiger partial charge in [0, 0.05) is 52.9 Å². The number of halogens is 1. The summed E-state index contributed by atoms with van der Waals surface area (Å²) in [7, 11) is 1.80. The monoisotopic (exact) mass is 363 g/mol. The van der Waals surface area contributed by atoms with E-state index in [0.29, 0.717) is 11.2 Å². The highest BCUT2D eigenvalue weighted by atomic mass is 19.1. The van der Waals surface area contributed by atoms with Crippen molar-refractivity contribution >= 4 is 27.5 Å². The number of hydrogen-bond acceptors (Lipinski definition) is 4. The molecule has 1 aliphatic rings. The molecule has 1 aliphatic carbocycles. The minimum Gasteiger partial charge on any atom is -0.371 e. The molecule has 0 atom stereocenters. The predicted molar refractivity (Wildman–Crippen MR) is 107 cm³/mol. The topological polar surface area (TPSA) is 66.5 Å². The second-order valence-electron chi connectivity index (χ2n) is 6.73. The van der Waals surface area contributed by atoms with Gasteiger partial charge in [0.05, 0.1) is 0 Å². The normalized spacial score (nSPS) is 13.6. The number of rotatable bonds is 2. The summed E-state index contributed by atoms with van der Waals surface area (Å²) in [6, 6.07) is 7.38. The molecule has 0 aliphatic heterocycles. The lowest BCUT2D eigenvalue weighted by atomic mass is 10.0. The maximum atomic E-state index is 13.6. The van der Waals surface area contributed by atoms with E-state index in [1.807, 2.05) is 18.2 Å². The highest BCUT2D eigenvalue weighted by Crippen LogP contribution is 2.31. The summed E-state index contributed by atoms with van der Waals surface area (Å²) in [5.41, 5.74) is 2.35. The van der Waals surface area contributed by atoms with E-state index in [0.717, 1.165) is 27.5 Å². The summed E-state index contributed by atoms with van der Waals surface area (Å²) in [4.78, 5) is 7.07. The number of hydrogen-bond donors (Lipinski definition) is 2. The molecule has 27 heavy (non-hydrogen) atoms. The molecule has 1 aromatic carbocycles. The van der Waals surface area contributed by atoms with Crippen molar-refractivity contribution in [1.82, 2.24) is 20.2 Å². The van der Waals surface area contributed by atoms with Crippen LogP contribution < -0.4 is 5.32 Å². The fourth-order valence-electron chi connectivity index (χ4n) is 3.52. The Morgan fingerprint density at radius 3 is 2.48 bits per heavy atom. The SMILES string of the molecule is C1CCCC1.CNc1nnc(-c2ccc3c(F)c[nH]c3c2)c2ccncc12. The Morgan fingerprint density at radius 1 is 0.963 bits per heavy atom. The van der Waals surface area contributed by atoms with Gasteiger partial charge in [-0.25, -0.2) is 4.39 Å². The van der Waals surface area contributed by atoms with Gasteiger partial charge in [0.2, 0.25) is 0 Å². The van der Waals surface area contributed by atoms with Crippen molar-refractivity contribution in [1.29, 1.82) is 0 Å². The summed E-state index contributed by atoms with van der Waals surface area (Å²) >= 11 is 0. The average molecular weight is 363 g/mol. The zero-order valence-electron chi connectivity index (χ0n) is 15.3. The van der Waals surface area contributed by atoms with Gasteiger partial charge in [0.25, 0.3) is 0 Å². The summed E-state index contributed by atoms with van der Waals surface area (Å²) in [5.74, 6) is 0.422. The van der Waals surface area contributed by atoms with E-state index < -0.39 is 0 Å². The lowest BCUT2D eigenvalue weighted by molar-refractivity contribution is 0.639. The number of aromatic nitrogens is 4. The molecule has 1 saturated carbocycles. The Labute approximate surface area is 157 Å². The Hall–Kier alpha value is -3.02. The van der Waals surface area contributed by atoms with E-state index in [-0.39, 0.29) is 5.82 Å². The number of anilines is 1. The first-order valence-electron chi connectivity index (χ1n) is 9.33. The third-order valence-electron chi connectivity index (χ3n) is 4.97. The third-order valence-corrected chi connectivity index (χ3v) is 4.97. The average Bonchev–Trinajstić information content (AvgIpc) is 3.41. The molecular weight excluding hydrogens is 341 g/mol. The number of aromatic amines is 1. The summed E-state index contributed by atoms with van der Waals surface area (Å²) < 4.78 is 13.6. The third kappa shape index (κ3) is 3.47. The lowest BCUT2D eigenvalue weighted by Crippen LogP contribution is -1.98. The van der Waals surface area contributed by atoms with Crippen molar-refractivity contribution in [2.24, 2.45) is 0 Å². The number of fused-ring (bicyclic) bond motifs is 2. The summed E-state index contributed by atoms with van der Waals surface area (Å²) in [5, 5.41) is 13.9. The number of benzene rings is 1. The van der Waals surface area contributed by atoms with Crippen LogP contribution in [-0.2, 0) is 0 Å². The second-order valence-corrected chi connectivity index (χ2v) is 6.73. The molecule has 6 heteroatoms. The van der Waals surface area contributed by atoms with Crippen LogP contribution in [0.5, 0.6) is 0 Å². The van der Waals surface area contributed by atoms with Gasteiger partial charge in [-0.05, 0) is 18.2 Å². The first-order chi connectivity index (χ1) is 13.3. The molecule has 0 spiro atoms. The van der Waals surface area contributed by atoms with Gasteiger partial charge < -0.3 is 10.3 Å². The minimum atomic E-state index is -0.257. The zero-order valence-corrected chi connectivity index (χ0v) is 15.3. The highest BCUT2D eigenvalue weighted by Gasteiger charge is 2.12. The summed E-state index contributed by atoms with van der Waals surface area (Å²) in [6.07, 6.45) is 12.3. The number of nitrogens with one attached hydrogen (secondary N) is 2. The fourth-order valence-corrected chi connectivity index (χ4v) is 3.52. The van der Waals surface area contributed by atoms with E-state index >= 15 is 0 Å². The maximum Gasteiger partial charge on any atom is 0.157 e. The molecule has 5 rings (SSSR count). The highest BCUT2D eigenvalue weighted by molar-refractivity contribution is 6.00. The Bertz CT molecular complexity index is 1060. The van der Waals surface area contributed by atoms with Crippen LogP contribution in [-0.4, -0.2) is 27.2 Å². The molecule has 5 nitrogen and oxygen atoms in total. The van der Waals surface area contributed by atoms with Crippen LogP contribution in [0.3, 0.4) is 0 Å². The molecule has 1 fully saturated rings. The van der Waals surface area contributed by atoms with Crippen LogP contribution in [0.1, 0.15) is 32.1 Å². The standard InChI is InChI=1S/C16H12FN5.C5H10/c1-18-16-12-7-19-5-4-10(12)15(21-22-16)9-2-3-11-13(17)8-20-14(11)6-9;1-2-4-5-3-1/h2-8,20H,1H3,(H,18,22);1-5H2. The van der Waals surface area contributed by atoms with E-state index in [4.69, 9.17) is 0 Å². The molecule has 3 heterocycles. The number of pyridine rings is 1. The van der Waals surface area contributed by atoms with Crippen LogP contribution >= 0.6 is 0 Å². The van der Waals surface area contributed by atoms with Gasteiger partial charge in [-0.2, -0.15) is 0 Å². The molecule has 3 aromatic heterocycles. The molecule has 0 saturated heterocycles. The molecule has 0 bridgehead atoms. The van der Waals surface area contributed by atoms with Crippen LogP contribution in [0.2, 0.25) is 0 Å². The van der Waals surface area contributed by atoms with Crippen LogP contribution in [0.4, 0.5) is 10.2 Å². The number of H-pyrrole nitrogens is 1. The molecule has 2 N–H and O–H groups in total. The van der Waals surface area contributed by atoms with Gasteiger partial charge in [0.1, 0.15) is 11.5 Å². The van der Waals surface area contributed by atoms with Gasteiger partial charge in [0.15, 0.2) is 5.82 Å². The molecule has 0 unspecified atom stereocenters. The van der Waals surface area contributed by atoms with Crippen molar-refractivity contribution in [3.63, 3.8) is 0 Å². The van der Waals surface area contributed by atoms with Crippen LogP contribution in [0.15, 0.2) is 42.9 Å². The van der Waals surface area contributed by atoms with Crippen molar-refractivity contribution in [3.8, 4) is 11.3 Å². The van der Waals surface area contributed by atoms with Crippen LogP contribution in [0.25, 0.3) is 32.9 Å². The Balaban J connectivity index is 0.000000314. The van der Waals surface area contributed by atoms with Crippen molar-refractivity contribution in [3.05, 3.63) is 48.7 Å². The first kappa shape index (κ1) is 17.4. The zero-order chi connectivity index (χ0) is 18.6. The minimum absolute atomic E-state index is 0.257. The van der Waals surface area contributed by atoms with Gasteiger partial charge in [-0.15, -0.1) is 10.2 Å². The molecule has 0 radical (unpaired) electrons. The number of nitrogens with zero attached hydrogens (tertiary/aromatic N) is 3. The maximum absolute atomic E-state index is 13.6. The van der Waals surface area contributed by atoms with Gasteiger partial charge >= 0.3 is 0 Å². The van der Waals surface area contributed by atoms with Crippen LogP contribution in [0, 0.1) is 5.82 Å². The van der Waals surface area contributed by atoms with E-state index in [2.05, 4.69) is 25.5 Å². The lowest BCUT2D eigenvalue weighted by Gasteiger charge is -2.08. The van der Waals surface area contributed by atoms with E-state index in [1.165, 1.54) is 38.3 Å². The quantitative estimate of drug-likeness (QED) is 0.507. The van der Waals surface area contributed by atoms with Gasteiger partial charge in [-0.1, -0.05) is 38.2 Å². The molecule has 138 valence electrons. The predicted octanol–water partition coefficient (Wildman–Crippen LogP) is 5.30. The molecule has 0 amide bonds.